The van der Waals surface area contributed by atoms with Gasteiger partial charge >= 0.3 is 0 Å². The molecule has 1 fully saturated rings. The topological polar surface area (TPSA) is 30.3 Å². The fourth-order valence-corrected chi connectivity index (χ4v) is 4.81. The van der Waals surface area contributed by atoms with Crippen LogP contribution in [0.1, 0.15) is 42.7 Å². The van der Waals surface area contributed by atoms with Gasteiger partial charge in [0.05, 0.1) is 0 Å². The Morgan fingerprint density at radius 1 is 1.08 bits per heavy atom. The van der Waals surface area contributed by atoms with Crippen LogP contribution in [0.5, 0.6) is 0 Å². The molecule has 140 valence electrons. The van der Waals surface area contributed by atoms with E-state index in [4.69, 9.17) is 5.41 Å². The van der Waals surface area contributed by atoms with Crippen molar-refractivity contribution in [2.75, 3.05) is 34.7 Å². The summed E-state index contributed by atoms with van der Waals surface area (Å²) in [5.74, 6) is 1.10. The summed E-state index contributed by atoms with van der Waals surface area (Å²) in [6.07, 6.45) is 11.0. The van der Waals surface area contributed by atoms with Gasteiger partial charge in [-0.05, 0) is 82.4 Å². The van der Waals surface area contributed by atoms with Crippen molar-refractivity contribution in [3.8, 4) is 0 Å². The van der Waals surface area contributed by atoms with Gasteiger partial charge in [-0.25, -0.2) is 0 Å². The van der Waals surface area contributed by atoms with Crippen molar-refractivity contribution >= 4 is 6.21 Å². The van der Waals surface area contributed by atoms with Gasteiger partial charge in [0.2, 0.25) is 0 Å². The molecule has 0 spiro atoms. The second-order valence-electron chi connectivity index (χ2n) is 8.31. The predicted octanol–water partition coefficient (Wildman–Crippen LogP) is 4.32. The van der Waals surface area contributed by atoms with Crippen LogP contribution in [0.2, 0.25) is 0 Å². The van der Waals surface area contributed by atoms with E-state index < -0.39 is 0 Å². The molecule has 1 N–H and O–H groups in total. The summed E-state index contributed by atoms with van der Waals surface area (Å²) in [5.41, 5.74) is 5.60. The van der Waals surface area contributed by atoms with Gasteiger partial charge in [0.25, 0.3) is 0 Å². The van der Waals surface area contributed by atoms with E-state index in [2.05, 4.69) is 74.4 Å². The van der Waals surface area contributed by atoms with Crippen molar-refractivity contribution in [3.63, 3.8) is 0 Å². The Morgan fingerprint density at radius 3 is 2.54 bits per heavy atom. The molecule has 0 radical (unpaired) electrons. The van der Waals surface area contributed by atoms with E-state index in [0.29, 0.717) is 17.9 Å². The fraction of sp³-hybridized carbons (Fsp3) is 0.522. The Labute approximate surface area is 158 Å². The molecular weight excluding hydrogens is 318 g/mol. The van der Waals surface area contributed by atoms with Crippen LogP contribution >= 0.6 is 0 Å². The monoisotopic (exact) mass is 351 g/mol. The lowest BCUT2D eigenvalue weighted by molar-refractivity contribution is 0.183. The summed E-state index contributed by atoms with van der Waals surface area (Å²) < 4.78 is 0. The maximum absolute atomic E-state index is 7.88. The Kier molecular flexibility index (Phi) is 6.10. The molecule has 3 unspecified atom stereocenters. The largest absolute Gasteiger partial charge is 0.308 e. The molecule has 0 aliphatic heterocycles. The maximum Gasteiger partial charge on any atom is 0.0253 e. The van der Waals surface area contributed by atoms with Gasteiger partial charge in [-0.1, -0.05) is 42.0 Å². The highest BCUT2D eigenvalue weighted by Crippen LogP contribution is 2.46. The van der Waals surface area contributed by atoms with Crippen molar-refractivity contribution in [1.82, 2.24) is 9.80 Å². The van der Waals surface area contributed by atoms with E-state index >= 15 is 0 Å². The first-order chi connectivity index (χ1) is 12.5. The van der Waals surface area contributed by atoms with Crippen LogP contribution in [0.4, 0.5) is 0 Å². The first kappa shape index (κ1) is 19.1. The molecule has 3 atom stereocenters. The molecule has 3 rings (SSSR count). The van der Waals surface area contributed by atoms with Crippen LogP contribution in [-0.2, 0) is 0 Å². The highest BCUT2D eigenvalue weighted by atomic mass is 15.1. The van der Waals surface area contributed by atoms with Gasteiger partial charge in [0.15, 0.2) is 0 Å². The van der Waals surface area contributed by atoms with E-state index in [-0.39, 0.29) is 0 Å². The van der Waals surface area contributed by atoms with E-state index in [1.807, 2.05) is 0 Å². The number of allylic oxidation sites excluding steroid dienone is 2. The van der Waals surface area contributed by atoms with Crippen molar-refractivity contribution in [2.45, 2.75) is 37.6 Å². The lowest BCUT2D eigenvalue weighted by Crippen LogP contribution is -2.37. The zero-order chi connectivity index (χ0) is 18.7. The number of hydrogen-bond acceptors (Lipinski definition) is 3. The van der Waals surface area contributed by atoms with E-state index in [1.165, 1.54) is 36.6 Å². The summed E-state index contributed by atoms with van der Waals surface area (Å²) in [7, 11) is 8.72. The maximum atomic E-state index is 7.88. The molecule has 3 heteroatoms. The van der Waals surface area contributed by atoms with Crippen LogP contribution in [0.25, 0.3) is 0 Å². The normalized spacial score (nSPS) is 26.2. The van der Waals surface area contributed by atoms with Gasteiger partial charge in [0, 0.05) is 18.8 Å². The lowest BCUT2D eigenvalue weighted by Gasteiger charge is -2.41. The zero-order valence-electron chi connectivity index (χ0n) is 16.7. The molecule has 0 amide bonds. The van der Waals surface area contributed by atoms with Crippen molar-refractivity contribution in [3.05, 3.63) is 58.7 Å². The minimum Gasteiger partial charge on any atom is -0.308 e. The van der Waals surface area contributed by atoms with Crippen molar-refractivity contribution in [1.29, 1.82) is 5.41 Å². The van der Waals surface area contributed by atoms with Crippen LogP contribution < -0.4 is 0 Å². The molecular formula is C23H33N3. The van der Waals surface area contributed by atoms with Crippen LogP contribution in [0.15, 0.2) is 47.6 Å². The van der Waals surface area contributed by atoms with E-state index in [1.54, 1.807) is 5.57 Å². The Balaban J connectivity index is 1.98. The third-order valence-corrected chi connectivity index (χ3v) is 6.11. The van der Waals surface area contributed by atoms with E-state index in [0.717, 1.165) is 18.5 Å². The smallest absolute Gasteiger partial charge is 0.0253 e. The van der Waals surface area contributed by atoms with Gasteiger partial charge in [-0.3, -0.25) is 0 Å². The summed E-state index contributed by atoms with van der Waals surface area (Å²) >= 11 is 0. The lowest BCUT2D eigenvalue weighted by atomic mass is 9.68. The first-order valence-electron chi connectivity index (χ1n) is 9.80. The van der Waals surface area contributed by atoms with Crippen LogP contribution in [0.3, 0.4) is 0 Å². The summed E-state index contributed by atoms with van der Waals surface area (Å²) in [5, 5.41) is 7.88. The quantitative estimate of drug-likeness (QED) is 0.774. The number of benzene rings is 1. The third-order valence-electron chi connectivity index (χ3n) is 6.11. The average molecular weight is 352 g/mol. The number of nitrogens with zero attached hydrogens (tertiary/aromatic N) is 2. The Hall–Kier alpha value is -1.71. The molecule has 26 heavy (non-hydrogen) atoms. The van der Waals surface area contributed by atoms with Crippen LogP contribution in [-0.4, -0.2) is 56.8 Å². The number of nitrogens with one attached hydrogen (secondary N) is 1. The minimum atomic E-state index is 0.501. The number of likely N-dealkylation sites (N-methyl/N-ethyl adjacent to an activating group) is 1. The van der Waals surface area contributed by atoms with Gasteiger partial charge < -0.3 is 15.2 Å². The molecule has 1 aromatic carbocycles. The van der Waals surface area contributed by atoms with Crippen molar-refractivity contribution < 1.29 is 0 Å². The standard InChI is InChI=1S/C23H33N3/c1-25(2)16-18-9-7-11-21(18)22-13-12-19(26(3)4)14-23(22)20-10-6-5-8-17(20)15-24/h5-10,15,19,22-24H,11-14,16H2,1-4H3. The second-order valence-corrected chi connectivity index (χ2v) is 8.31. The first-order valence-corrected chi connectivity index (χ1v) is 9.80. The SMILES string of the molecule is CN(C)CC1=C(C2CCC(N(C)C)CC2c2ccccc2C=N)CC=C1. The Bertz CT molecular complexity index is 699. The number of hydrogen-bond donors (Lipinski definition) is 1. The van der Waals surface area contributed by atoms with Gasteiger partial charge in [0.1, 0.15) is 0 Å². The van der Waals surface area contributed by atoms with E-state index in [9.17, 15) is 0 Å². The fourth-order valence-electron chi connectivity index (χ4n) is 4.81. The summed E-state index contributed by atoms with van der Waals surface area (Å²) in [6.45, 7) is 1.03. The minimum absolute atomic E-state index is 0.501. The highest BCUT2D eigenvalue weighted by molar-refractivity contribution is 5.79. The van der Waals surface area contributed by atoms with Crippen LogP contribution in [0, 0.1) is 11.3 Å². The molecule has 0 aromatic heterocycles. The van der Waals surface area contributed by atoms with Crippen molar-refractivity contribution in [2.24, 2.45) is 5.92 Å². The Morgan fingerprint density at radius 2 is 1.85 bits per heavy atom. The number of rotatable bonds is 6. The molecule has 0 saturated heterocycles. The highest BCUT2D eigenvalue weighted by Gasteiger charge is 2.36. The molecule has 0 heterocycles. The zero-order valence-corrected chi connectivity index (χ0v) is 16.7. The van der Waals surface area contributed by atoms with Gasteiger partial charge in [-0.2, -0.15) is 0 Å². The molecule has 2 aliphatic carbocycles. The molecule has 1 saturated carbocycles. The average Bonchev–Trinajstić information content (AvgIpc) is 3.08. The third kappa shape index (κ3) is 3.99. The molecule has 3 nitrogen and oxygen atoms in total. The van der Waals surface area contributed by atoms with Gasteiger partial charge in [-0.15, -0.1) is 0 Å². The summed E-state index contributed by atoms with van der Waals surface area (Å²) in [6, 6.07) is 9.17. The summed E-state index contributed by atoms with van der Waals surface area (Å²) in [4.78, 5) is 4.66. The molecule has 2 aliphatic rings. The molecule has 1 aromatic rings. The predicted molar refractivity (Wildman–Crippen MR) is 111 cm³/mol. The second kappa shape index (κ2) is 8.32. The molecule has 0 bridgehead atoms.